The highest BCUT2D eigenvalue weighted by Gasteiger charge is 2.37. The van der Waals surface area contributed by atoms with Crippen molar-refractivity contribution in [2.24, 2.45) is 0 Å². The first kappa shape index (κ1) is 12.4. The summed E-state index contributed by atoms with van der Waals surface area (Å²) in [4.78, 5) is 11.7. The number of hydrogen-bond acceptors (Lipinski definition) is 5. The average Bonchev–Trinajstić information content (AvgIpc) is 2.71. The Bertz CT molecular complexity index is 539. The molecule has 1 N–H and O–H groups in total. The molecule has 0 radical (unpaired) electrons. The molecule has 8 heteroatoms. The molecular formula is C9H11ClN2O4S. The highest BCUT2D eigenvalue weighted by atomic mass is 35.5. The summed E-state index contributed by atoms with van der Waals surface area (Å²) in [5.74, 6) is -0.215. The van der Waals surface area contributed by atoms with E-state index in [0.717, 1.165) is 0 Å². The molecular weight excluding hydrogens is 268 g/mol. The molecule has 1 aromatic heterocycles. The highest BCUT2D eigenvalue weighted by Crippen LogP contribution is 2.18. The number of alkyl halides is 1. The van der Waals surface area contributed by atoms with E-state index in [0.29, 0.717) is 5.76 Å². The lowest BCUT2D eigenvalue weighted by Crippen LogP contribution is -2.40. The molecule has 17 heavy (non-hydrogen) atoms. The minimum Gasteiger partial charge on any atom is -0.361 e. The fourth-order valence-electron chi connectivity index (χ4n) is 1.65. The van der Waals surface area contributed by atoms with Gasteiger partial charge in [-0.1, -0.05) is 5.16 Å². The lowest BCUT2D eigenvalue weighted by Gasteiger charge is -2.12. The lowest BCUT2D eigenvalue weighted by molar-refractivity contribution is 0.0932. The summed E-state index contributed by atoms with van der Waals surface area (Å²) in [7, 11) is -3.16. The van der Waals surface area contributed by atoms with E-state index in [4.69, 9.17) is 16.1 Å². The monoisotopic (exact) mass is 278 g/mol. The summed E-state index contributed by atoms with van der Waals surface area (Å²) < 4.78 is 27.4. The van der Waals surface area contributed by atoms with Crippen LogP contribution in [0.1, 0.15) is 16.2 Å². The Labute approximate surface area is 103 Å². The summed E-state index contributed by atoms with van der Waals surface area (Å²) in [5, 5.41) is 5.48. The first-order chi connectivity index (χ1) is 7.87. The van der Waals surface area contributed by atoms with Gasteiger partial charge in [0.2, 0.25) is 0 Å². The summed E-state index contributed by atoms with van der Waals surface area (Å²) in [6.07, 6.45) is 0. The van der Waals surface area contributed by atoms with Gasteiger partial charge in [0.15, 0.2) is 15.5 Å². The van der Waals surface area contributed by atoms with Gasteiger partial charge in [-0.2, -0.15) is 0 Å². The molecule has 0 bridgehead atoms. The SMILES string of the molecule is Cc1cc(C(=O)NC2CS(=O)(=O)CC2Cl)no1. The smallest absolute Gasteiger partial charge is 0.273 e. The minimum absolute atomic E-state index is 0.114. The first-order valence-corrected chi connectivity index (χ1v) is 7.22. The predicted octanol–water partition coefficient (Wildman–Crippen LogP) is 0.117. The zero-order valence-electron chi connectivity index (χ0n) is 9.01. The Morgan fingerprint density at radius 2 is 2.29 bits per heavy atom. The van der Waals surface area contributed by atoms with Gasteiger partial charge in [-0.3, -0.25) is 4.79 Å². The van der Waals surface area contributed by atoms with E-state index >= 15 is 0 Å². The predicted molar refractivity (Wildman–Crippen MR) is 60.8 cm³/mol. The number of nitrogens with one attached hydrogen (secondary N) is 1. The van der Waals surface area contributed by atoms with Gasteiger partial charge in [0.25, 0.3) is 5.91 Å². The van der Waals surface area contributed by atoms with Crippen LogP contribution in [0.2, 0.25) is 0 Å². The van der Waals surface area contributed by atoms with Gasteiger partial charge in [0.05, 0.1) is 22.9 Å². The third kappa shape index (κ3) is 2.78. The number of aromatic nitrogens is 1. The second-order valence-corrected chi connectivity index (χ2v) is 6.71. The van der Waals surface area contributed by atoms with Crippen LogP contribution in [-0.2, 0) is 9.84 Å². The van der Waals surface area contributed by atoms with Gasteiger partial charge in [-0.15, -0.1) is 11.6 Å². The minimum atomic E-state index is -3.16. The molecule has 1 saturated heterocycles. The normalized spacial score (nSPS) is 26.9. The first-order valence-electron chi connectivity index (χ1n) is 4.96. The Morgan fingerprint density at radius 1 is 1.59 bits per heavy atom. The molecule has 1 aliphatic rings. The molecule has 2 atom stereocenters. The molecule has 0 aliphatic carbocycles. The van der Waals surface area contributed by atoms with E-state index in [1.54, 1.807) is 6.92 Å². The molecule has 2 rings (SSSR count). The fourth-order valence-corrected chi connectivity index (χ4v) is 4.20. The number of sulfone groups is 1. The molecule has 6 nitrogen and oxygen atoms in total. The molecule has 1 amide bonds. The van der Waals surface area contributed by atoms with Crippen molar-refractivity contribution in [3.8, 4) is 0 Å². The van der Waals surface area contributed by atoms with Gasteiger partial charge in [-0.05, 0) is 6.92 Å². The number of carbonyl (C=O) groups excluding carboxylic acids is 1. The Balaban J connectivity index is 2.05. The molecule has 0 spiro atoms. The third-order valence-electron chi connectivity index (χ3n) is 2.46. The van der Waals surface area contributed by atoms with E-state index in [1.165, 1.54) is 6.07 Å². The second kappa shape index (κ2) is 4.30. The number of halogens is 1. The van der Waals surface area contributed by atoms with Crippen molar-refractivity contribution in [1.29, 1.82) is 0 Å². The van der Waals surface area contributed by atoms with Crippen LogP contribution in [0.25, 0.3) is 0 Å². The Hall–Kier alpha value is -1.08. The van der Waals surface area contributed by atoms with Crippen LogP contribution in [0.3, 0.4) is 0 Å². The molecule has 1 aliphatic heterocycles. The molecule has 0 aromatic carbocycles. The van der Waals surface area contributed by atoms with Crippen molar-refractivity contribution in [3.63, 3.8) is 0 Å². The number of nitrogens with zero attached hydrogens (tertiary/aromatic N) is 1. The van der Waals surface area contributed by atoms with Crippen molar-refractivity contribution < 1.29 is 17.7 Å². The molecule has 1 aromatic rings. The fraction of sp³-hybridized carbons (Fsp3) is 0.556. The van der Waals surface area contributed by atoms with Gasteiger partial charge in [-0.25, -0.2) is 8.42 Å². The number of carbonyl (C=O) groups is 1. The number of hydrogen-bond donors (Lipinski definition) is 1. The van der Waals surface area contributed by atoms with Crippen LogP contribution >= 0.6 is 11.6 Å². The van der Waals surface area contributed by atoms with E-state index in [9.17, 15) is 13.2 Å². The molecule has 0 saturated carbocycles. The zero-order valence-corrected chi connectivity index (χ0v) is 10.6. The van der Waals surface area contributed by atoms with E-state index in [-0.39, 0.29) is 17.2 Å². The molecule has 2 heterocycles. The summed E-state index contributed by atoms with van der Waals surface area (Å²) >= 11 is 5.86. The molecule has 2 unspecified atom stereocenters. The van der Waals surface area contributed by atoms with Crippen LogP contribution in [-0.4, -0.2) is 42.4 Å². The van der Waals surface area contributed by atoms with E-state index in [1.807, 2.05) is 0 Å². The maximum Gasteiger partial charge on any atom is 0.273 e. The Morgan fingerprint density at radius 3 is 2.76 bits per heavy atom. The van der Waals surface area contributed by atoms with Crippen LogP contribution in [0, 0.1) is 6.92 Å². The van der Waals surface area contributed by atoms with E-state index < -0.39 is 27.2 Å². The van der Waals surface area contributed by atoms with Crippen LogP contribution in [0.5, 0.6) is 0 Å². The quantitative estimate of drug-likeness (QED) is 0.776. The van der Waals surface area contributed by atoms with Crippen molar-refractivity contribution in [2.75, 3.05) is 11.5 Å². The van der Waals surface area contributed by atoms with Crippen molar-refractivity contribution in [2.45, 2.75) is 18.3 Å². The topological polar surface area (TPSA) is 89.3 Å². The van der Waals surface area contributed by atoms with E-state index in [2.05, 4.69) is 10.5 Å². The summed E-state index contributed by atoms with van der Waals surface area (Å²) in [6, 6.07) is 0.897. The number of aryl methyl sites for hydroxylation is 1. The van der Waals surface area contributed by atoms with Gasteiger partial charge >= 0.3 is 0 Å². The third-order valence-corrected chi connectivity index (χ3v) is 4.84. The average molecular weight is 279 g/mol. The maximum atomic E-state index is 11.7. The van der Waals surface area contributed by atoms with Gasteiger partial charge < -0.3 is 9.84 Å². The summed E-state index contributed by atoms with van der Waals surface area (Å²) in [5.41, 5.74) is 0.121. The zero-order chi connectivity index (χ0) is 12.6. The number of rotatable bonds is 2. The van der Waals surface area contributed by atoms with Gasteiger partial charge in [0.1, 0.15) is 5.76 Å². The van der Waals surface area contributed by atoms with Crippen molar-refractivity contribution in [1.82, 2.24) is 10.5 Å². The standard InChI is InChI=1S/C9H11ClN2O4S/c1-5-2-7(12-16-5)9(13)11-8-4-17(14,15)3-6(8)10/h2,6,8H,3-4H2,1H3,(H,11,13). The Kier molecular flexibility index (Phi) is 3.13. The second-order valence-electron chi connectivity index (χ2n) is 4.00. The highest BCUT2D eigenvalue weighted by molar-refractivity contribution is 7.91. The van der Waals surface area contributed by atoms with Crippen LogP contribution in [0.15, 0.2) is 10.6 Å². The molecule has 1 fully saturated rings. The van der Waals surface area contributed by atoms with Gasteiger partial charge in [0, 0.05) is 6.07 Å². The van der Waals surface area contributed by atoms with Crippen LogP contribution in [0.4, 0.5) is 0 Å². The number of amides is 1. The largest absolute Gasteiger partial charge is 0.361 e. The lowest BCUT2D eigenvalue weighted by atomic mass is 10.2. The van der Waals surface area contributed by atoms with Crippen LogP contribution < -0.4 is 5.32 Å². The summed E-state index contributed by atoms with van der Waals surface area (Å²) in [6.45, 7) is 1.66. The van der Waals surface area contributed by atoms with Crippen molar-refractivity contribution in [3.05, 3.63) is 17.5 Å². The van der Waals surface area contributed by atoms with Crippen molar-refractivity contribution >= 4 is 27.3 Å². The molecule has 94 valence electrons. The maximum absolute atomic E-state index is 11.7.